The standard InChI is InChI=1S/C12H15N3S/c1-12(2,3)10-8-14-11(16-10)15-9-5-4-6-13-7-9/h4-8H,1-3H3,(H,14,15). The first-order valence-electron chi connectivity index (χ1n) is 5.19. The fourth-order valence-corrected chi connectivity index (χ4v) is 2.13. The number of aromatic nitrogens is 2. The minimum Gasteiger partial charge on any atom is -0.330 e. The third-order valence-corrected chi connectivity index (χ3v) is 3.50. The lowest BCUT2D eigenvalue weighted by Crippen LogP contribution is -2.07. The summed E-state index contributed by atoms with van der Waals surface area (Å²) >= 11 is 1.68. The van der Waals surface area contributed by atoms with E-state index in [1.807, 2.05) is 18.3 Å². The second-order valence-corrected chi connectivity index (χ2v) is 5.68. The molecule has 1 N–H and O–H groups in total. The van der Waals surface area contributed by atoms with E-state index in [1.165, 1.54) is 4.88 Å². The van der Waals surface area contributed by atoms with Crippen LogP contribution in [0.4, 0.5) is 10.8 Å². The fraction of sp³-hybridized carbons (Fsp3) is 0.333. The Labute approximate surface area is 99.6 Å². The maximum Gasteiger partial charge on any atom is 0.187 e. The van der Waals surface area contributed by atoms with E-state index in [1.54, 1.807) is 23.7 Å². The number of anilines is 2. The van der Waals surface area contributed by atoms with Crippen molar-refractivity contribution in [3.63, 3.8) is 0 Å². The van der Waals surface area contributed by atoms with Crippen molar-refractivity contribution < 1.29 is 0 Å². The van der Waals surface area contributed by atoms with Crippen molar-refractivity contribution in [2.24, 2.45) is 0 Å². The first kappa shape index (κ1) is 11.1. The van der Waals surface area contributed by atoms with Gasteiger partial charge in [0.05, 0.1) is 11.9 Å². The van der Waals surface area contributed by atoms with Crippen LogP contribution in [0.1, 0.15) is 25.6 Å². The van der Waals surface area contributed by atoms with Gasteiger partial charge in [0, 0.05) is 17.3 Å². The molecule has 2 heterocycles. The van der Waals surface area contributed by atoms with Gasteiger partial charge in [0.2, 0.25) is 0 Å². The molecule has 2 aromatic rings. The second-order valence-electron chi connectivity index (χ2n) is 4.65. The van der Waals surface area contributed by atoms with Gasteiger partial charge in [-0.3, -0.25) is 4.98 Å². The highest BCUT2D eigenvalue weighted by Crippen LogP contribution is 2.31. The Morgan fingerprint density at radius 2 is 2.06 bits per heavy atom. The van der Waals surface area contributed by atoms with Gasteiger partial charge in [0.15, 0.2) is 5.13 Å². The maximum atomic E-state index is 4.36. The molecule has 0 unspecified atom stereocenters. The van der Waals surface area contributed by atoms with E-state index in [2.05, 4.69) is 36.1 Å². The number of pyridine rings is 1. The molecule has 0 spiro atoms. The van der Waals surface area contributed by atoms with Gasteiger partial charge < -0.3 is 5.32 Å². The zero-order valence-electron chi connectivity index (χ0n) is 9.69. The molecule has 0 saturated heterocycles. The number of rotatable bonds is 2. The molecule has 4 heteroatoms. The molecule has 2 aromatic heterocycles. The summed E-state index contributed by atoms with van der Waals surface area (Å²) in [5.41, 5.74) is 1.13. The van der Waals surface area contributed by atoms with Gasteiger partial charge in [0.1, 0.15) is 0 Å². The van der Waals surface area contributed by atoms with Crippen molar-refractivity contribution >= 4 is 22.2 Å². The first-order chi connectivity index (χ1) is 7.55. The monoisotopic (exact) mass is 233 g/mol. The molecule has 16 heavy (non-hydrogen) atoms. The summed E-state index contributed by atoms with van der Waals surface area (Å²) in [4.78, 5) is 9.69. The fourth-order valence-electron chi connectivity index (χ4n) is 1.24. The molecule has 0 aromatic carbocycles. The van der Waals surface area contributed by atoms with Gasteiger partial charge in [-0.05, 0) is 17.5 Å². The van der Waals surface area contributed by atoms with Crippen molar-refractivity contribution in [3.05, 3.63) is 35.6 Å². The molecule has 0 amide bonds. The molecular formula is C12H15N3S. The molecule has 0 aliphatic heterocycles. The van der Waals surface area contributed by atoms with E-state index in [4.69, 9.17) is 0 Å². The Balaban J connectivity index is 2.15. The summed E-state index contributed by atoms with van der Waals surface area (Å²) < 4.78 is 0. The quantitative estimate of drug-likeness (QED) is 0.861. The minimum atomic E-state index is 0.159. The van der Waals surface area contributed by atoms with E-state index < -0.39 is 0 Å². The van der Waals surface area contributed by atoms with E-state index in [9.17, 15) is 0 Å². The highest BCUT2D eigenvalue weighted by molar-refractivity contribution is 7.15. The summed E-state index contributed by atoms with van der Waals surface area (Å²) in [6.07, 6.45) is 5.48. The van der Waals surface area contributed by atoms with Crippen LogP contribution in [-0.4, -0.2) is 9.97 Å². The van der Waals surface area contributed by atoms with E-state index in [-0.39, 0.29) is 5.41 Å². The Kier molecular flexibility index (Phi) is 2.92. The van der Waals surface area contributed by atoms with Crippen molar-refractivity contribution in [1.29, 1.82) is 0 Å². The van der Waals surface area contributed by atoms with E-state index in [0.29, 0.717) is 0 Å². The minimum absolute atomic E-state index is 0.159. The van der Waals surface area contributed by atoms with Crippen LogP contribution in [0.15, 0.2) is 30.7 Å². The Bertz CT molecular complexity index is 457. The molecule has 0 bridgehead atoms. The predicted molar refractivity (Wildman–Crippen MR) is 68.3 cm³/mol. The summed E-state index contributed by atoms with van der Waals surface area (Å²) in [6, 6.07) is 3.88. The molecule has 0 radical (unpaired) electrons. The van der Waals surface area contributed by atoms with Crippen molar-refractivity contribution in [3.8, 4) is 0 Å². The van der Waals surface area contributed by atoms with Crippen LogP contribution in [0.25, 0.3) is 0 Å². The number of nitrogens with one attached hydrogen (secondary N) is 1. The smallest absolute Gasteiger partial charge is 0.187 e. The Morgan fingerprint density at radius 1 is 1.25 bits per heavy atom. The highest BCUT2D eigenvalue weighted by atomic mass is 32.1. The molecule has 84 valence electrons. The van der Waals surface area contributed by atoms with Crippen molar-refractivity contribution in [2.45, 2.75) is 26.2 Å². The summed E-state index contributed by atoms with van der Waals surface area (Å²) in [5, 5.41) is 4.16. The predicted octanol–water partition coefficient (Wildman–Crippen LogP) is 3.58. The van der Waals surface area contributed by atoms with Gasteiger partial charge >= 0.3 is 0 Å². The lowest BCUT2D eigenvalue weighted by atomic mass is 9.96. The highest BCUT2D eigenvalue weighted by Gasteiger charge is 2.16. The third-order valence-electron chi connectivity index (χ3n) is 2.16. The molecular weight excluding hydrogens is 218 g/mol. The van der Waals surface area contributed by atoms with Gasteiger partial charge in [-0.1, -0.05) is 20.8 Å². The van der Waals surface area contributed by atoms with Gasteiger partial charge in [-0.25, -0.2) is 4.98 Å². The van der Waals surface area contributed by atoms with Crippen LogP contribution >= 0.6 is 11.3 Å². The molecule has 0 saturated carbocycles. The van der Waals surface area contributed by atoms with Crippen molar-refractivity contribution in [2.75, 3.05) is 5.32 Å². The lowest BCUT2D eigenvalue weighted by Gasteiger charge is -2.14. The largest absolute Gasteiger partial charge is 0.330 e. The van der Waals surface area contributed by atoms with E-state index in [0.717, 1.165) is 10.8 Å². The number of thiazole rings is 1. The van der Waals surface area contributed by atoms with Crippen LogP contribution in [0.3, 0.4) is 0 Å². The Hall–Kier alpha value is -1.42. The third kappa shape index (κ3) is 2.58. The van der Waals surface area contributed by atoms with Gasteiger partial charge in [0.25, 0.3) is 0 Å². The average molecular weight is 233 g/mol. The number of nitrogens with zero attached hydrogens (tertiary/aromatic N) is 2. The SMILES string of the molecule is CC(C)(C)c1cnc(Nc2cccnc2)s1. The maximum absolute atomic E-state index is 4.36. The van der Waals surface area contributed by atoms with Crippen LogP contribution in [0.5, 0.6) is 0 Å². The Morgan fingerprint density at radius 3 is 2.62 bits per heavy atom. The van der Waals surface area contributed by atoms with Crippen LogP contribution in [-0.2, 0) is 5.41 Å². The summed E-state index contributed by atoms with van der Waals surface area (Å²) in [7, 11) is 0. The molecule has 3 nitrogen and oxygen atoms in total. The lowest BCUT2D eigenvalue weighted by molar-refractivity contribution is 0.602. The molecule has 0 aliphatic carbocycles. The number of hydrogen-bond donors (Lipinski definition) is 1. The van der Waals surface area contributed by atoms with Crippen LogP contribution in [0.2, 0.25) is 0 Å². The van der Waals surface area contributed by atoms with Crippen LogP contribution < -0.4 is 5.32 Å². The average Bonchev–Trinajstić information content (AvgIpc) is 2.67. The van der Waals surface area contributed by atoms with Gasteiger partial charge in [-0.15, -0.1) is 11.3 Å². The van der Waals surface area contributed by atoms with E-state index >= 15 is 0 Å². The zero-order valence-corrected chi connectivity index (χ0v) is 10.5. The zero-order chi connectivity index (χ0) is 11.6. The molecule has 0 atom stereocenters. The van der Waals surface area contributed by atoms with Gasteiger partial charge in [-0.2, -0.15) is 0 Å². The second kappa shape index (κ2) is 4.22. The summed E-state index contributed by atoms with van der Waals surface area (Å²) in [6.45, 7) is 6.57. The first-order valence-corrected chi connectivity index (χ1v) is 6.01. The topological polar surface area (TPSA) is 37.8 Å². The van der Waals surface area contributed by atoms with Crippen LogP contribution in [0, 0.1) is 0 Å². The molecule has 0 fully saturated rings. The number of hydrogen-bond acceptors (Lipinski definition) is 4. The molecule has 0 aliphatic rings. The summed E-state index contributed by atoms with van der Waals surface area (Å²) in [5.74, 6) is 0. The molecule has 2 rings (SSSR count). The van der Waals surface area contributed by atoms with Crippen molar-refractivity contribution in [1.82, 2.24) is 9.97 Å². The normalized spacial score (nSPS) is 11.4.